The van der Waals surface area contributed by atoms with E-state index >= 15 is 0 Å². The van der Waals surface area contributed by atoms with Crippen LogP contribution in [0.25, 0.3) is 0 Å². The lowest BCUT2D eigenvalue weighted by Gasteiger charge is -2.26. The Balaban J connectivity index is 1.84. The smallest absolute Gasteiger partial charge is 0.191 e. The van der Waals surface area contributed by atoms with E-state index in [1.807, 2.05) is 31.3 Å². The van der Waals surface area contributed by atoms with Crippen LogP contribution >= 0.6 is 22.9 Å². The average molecular weight is 365 g/mol. The third-order valence-electron chi connectivity index (χ3n) is 3.63. The molecule has 2 aromatic rings. The number of rotatable bonds is 6. The molecule has 24 heavy (non-hydrogen) atoms. The molecule has 0 atom stereocenters. The lowest BCUT2D eigenvalue weighted by atomic mass is 9.86. The topological polar surface area (TPSA) is 49.3 Å². The Kier molecular flexibility index (Phi) is 6.63. The minimum atomic E-state index is 0.0867. The first-order valence-electron chi connectivity index (χ1n) is 7.98. The Labute approximate surface area is 153 Å². The van der Waals surface area contributed by atoms with E-state index in [2.05, 4.69) is 40.5 Å². The van der Waals surface area contributed by atoms with Gasteiger partial charge in [-0.2, -0.15) is 0 Å². The molecular formula is C18H25ClN4S. The normalized spacial score (nSPS) is 12.3. The van der Waals surface area contributed by atoms with Crippen LogP contribution in [0.1, 0.15) is 29.3 Å². The molecule has 0 amide bonds. The summed E-state index contributed by atoms with van der Waals surface area (Å²) in [5.41, 5.74) is 1.33. The third-order valence-corrected chi connectivity index (χ3v) is 4.78. The number of benzene rings is 1. The van der Waals surface area contributed by atoms with Gasteiger partial charge in [-0.25, -0.2) is 4.98 Å². The zero-order chi connectivity index (χ0) is 17.6. The number of hydrogen-bond acceptors (Lipinski definition) is 3. The number of nitrogens with one attached hydrogen (secondary N) is 2. The third kappa shape index (κ3) is 6.13. The second kappa shape index (κ2) is 8.49. The van der Waals surface area contributed by atoms with Gasteiger partial charge in [0.05, 0.1) is 11.6 Å². The monoisotopic (exact) mass is 364 g/mol. The molecule has 0 bridgehead atoms. The Morgan fingerprint density at radius 3 is 2.75 bits per heavy atom. The fourth-order valence-electron chi connectivity index (χ4n) is 2.46. The van der Waals surface area contributed by atoms with E-state index < -0.39 is 0 Å². The SMILES string of the molecule is CN=C(NCc1cnc(C)s1)NCC(C)(C)Cc1cccc(Cl)c1. The molecular weight excluding hydrogens is 340 g/mol. The van der Waals surface area contributed by atoms with Gasteiger partial charge in [-0.1, -0.05) is 37.6 Å². The van der Waals surface area contributed by atoms with Gasteiger partial charge in [0, 0.05) is 29.7 Å². The van der Waals surface area contributed by atoms with Crippen LogP contribution in [0.2, 0.25) is 5.02 Å². The number of aromatic nitrogens is 1. The van der Waals surface area contributed by atoms with Crippen molar-refractivity contribution in [2.75, 3.05) is 13.6 Å². The highest BCUT2D eigenvalue weighted by molar-refractivity contribution is 7.11. The largest absolute Gasteiger partial charge is 0.356 e. The number of hydrogen-bond donors (Lipinski definition) is 2. The van der Waals surface area contributed by atoms with Crippen LogP contribution in [0.3, 0.4) is 0 Å². The molecule has 0 saturated carbocycles. The number of thiazole rings is 1. The zero-order valence-electron chi connectivity index (χ0n) is 14.7. The number of aliphatic imine (C=N–C) groups is 1. The fourth-order valence-corrected chi connectivity index (χ4v) is 3.41. The standard InChI is InChI=1S/C18H25ClN4S/c1-13-21-10-16(24-13)11-22-17(20-4)23-12-18(2,3)9-14-6-5-7-15(19)8-14/h5-8,10H,9,11-12H2,1-4H3,(H2,20,22,23). The Bertz CT molecular complexity index is 694. The van der Waals surface area contributed by atoms with Crippen molar-refractivity contribution >= 4 is 28.9 Å². The number of aryl methyl sites for hydroxylation is 1. The van der Waals surface area contributed by atoms with Crippen LogP contribution in [-0.2, 0) is 13.0 Å². The maximum absolute atomic E-state index is 6.08. The molecule has 1 heterocycles. The zero-order valence-corrected chi connectivity index (χ0v) is 16.3. The highest BCUT2D eigenvalue weighted by atomic mass is 35.5. The first kappa shape index (κ1) is 18.7. The van der Waals surface area contributed by atoms with E-state index in [0.29, 0.717) is 0 Å². The van der Waals surface area contributed by atoms with Crippen molar-refractivity contribution in [3.63, 3.8) is 0 Å². The summed E-state index contributed by atoms with van der Waals surface area (Å²) in [5.74, 6) is 0.806. The predicted molar refractivity (Wildman–Crippen MR) is 104 cm³/mol. The molecule has 2 rings (SSSR count). The summed E-state index contributed by atoms with van der Waals surface area (Å²) in [5, 5.41) is 8.61. The van der Waals surface area contributed by atoms with Gasteiger partial charge < -0.3 is 10.6 Å². The van der Waals surface area contributed by atoms with E-state index in [9.17, 15) is 0 Å². The second-order valence-corrected chi connectivity index (χ2v) is 8.35. The van der Waals surface area contributed by atoms with Crippen LogP contribution in [0.15, 0.2) is 35.5 Å². The second-order valence-electron chi connectivity index (χ2n) is 6.60. The molecule has 0 aliphatic heterocycles. The van der Waals surface area contributed by atoms with Crippen LogP contribution in [0.5, 0.6) is 0 Å². The van der Waals surface area contributed by atoms with E-state index in [0.717, 1.165) is 35.5 Å². The first-order valence-corrected chi connectivity index (χ1v) is 9.18. The minimum absolute atomic E-state index is 0.0867. The van der Waals surface area contributed by atoms with E-state index in [-0.39, 0.29) is 5.41 Å². The molecule has 130 valence electrons. The molecule has 0 fully saturated rings. The lowest BCUT2D eigenvalue weighted by Crippen LogP contribution is -2.42. The van der Waals surface area contributed by atoms with Gasteiger partial charge >= 0.3 is 0 Å². The van der Waals surface area contributed by atoms with Crippen LogP contribution < -0.4 is 10.6 Å². The van der Waals surface area contributed by atoms with Crippen LogP contribution in [0.4, 0.5) is 0 Å². The van der Waals surface area contributed by atoms with Gasteiger partial charge in [-0.05, 0) is 36.5 Å². The summed E-state index contributed by atoms with van der Waals surface area (Å²) in [6.45, 7) is 8.04. The molecule has 1 aromatic heterocycles. The first-order chi connectivity index (χ1) is 11.4. The Morgan fingerprint density at radius 2 is 2.12 bits per heavy atom. The Morgan fingerprint density at radius 1 is 1.33 bits per heavy atom. The number of guanidine groups is 1. The summed E-state index contributed by atoms with van der Waals surface area (Å²) in [4.78, 5) is 9.76. The fraction of sp³-hybridized carbons (Fsp3) is 0.444. The van der Waals surface area contributed by atoms with Gasteiger partial charge in [-0.15, -0.1) is 11.3 Å². The van der Waals surface area contributed by atoms with Crippen molar-refractivity contribution in [3.8, 4) is 0 Å². The molecule has 0 saturated heterocycles. The maximum atomic E-state index is 6.08. The van der Waals surface area contributed by atoms with Crippen molar-refractivity contribution in [2.24, 2.45) is 10.4 Å². The van der Waals surface area contributed by atoms with Gasteiger partial charge in [0.2, 0.25) is 0 Å². The predicted octanol–water partition coefficient (Wildman–Crippen LogP) is 4.04. The summed E-state index contributed by atoms with van der Waals surface area (Å²) >= 11 is 7.77. The molecule has 0 unspecified atom stereocenters. The quantitative estimate of drug-likeness (QED) is 0.600. The van der Waals surface area contributed by atoms with E-state index in [1.54, 1.807) is 18.4 Å². The molecule has 6 heteroatoms. The van der Waals surface area contributed by atoms with Gasteiger partial charge in [-0.3, -0.25) is 4.99 Å². The van der Waals surface area contributed by atoms with Crippen molar-refractivity contribution < 1.29 is 0 Å². The van der Waals surface area contributed by atoms with Crippen molar-refractivity contribution in [1.82, 2.24) is 15.6 Å². The number of halogens is 1. The molecule has 2 N–H and O–H groups in total. The van der Waals surface area contributed by atoms with Gasteiger partial charge in [0.15, 0.2) is 5.96 Å². The molecule has 0 aliphatic rings. The molecule has 0 radical (unpaired) electrons. The van der Waals surface area contributed by atoms with Crippen molar-refractivity contribution in [1.29, 1.82) is 0 Å². The van der Waals surface area contributed by atoms with E-state index in [1.165, 1.54) is 10.4 Å². The minimum Gasteiger partial charge on any atom is -0.356 e. The molecule has 1 aromatic carbocycles. The molecule has 4 nitrogen and oxygen atoms in total. The lowest BCUT2D eigenvalue weighted by molar-refractivity contribution is 0.359. The number of nitrogens with zero attached hydrogens (tertiary/aromatic N) is 2. The summed E-state index contributed by atoms with van der Waals surface area (Å²) < 4.78 is 0. The van der Waals surface area contributed by atoms with Crippen LogP contribution in [-0.4, -0.2) is 24.5 Å². The molecule has 0 aliphatic carbocycles. The Hall–Kier alpha value is -1.59. The van der Waals surface area contributed by atoms with Gasteiger partial charge in [0.1, 0.15) is 0 Å². The molecule has 0 spiro atoms. The average Bonchev–Trinajstić information content (AvgIpc) is 2.92. The van der Waals surface area contributed by atoms with Crippen LogP contribution in [0, 0.1) is 12.3 Å². The van der Waals surface area contributed by atoms with Crippen molar-refractivity contribution in [2.45, 2.75) is 33.7 Å². The maximum Gasteiger partial charge on any atom is 0.191 e. The highest BCUT2D eigenvalue weighted by Gasteiger charge is 2.19. The summed E-state index contributed by atoms with van der Waals surface area (Å²) in [6, 6.07) is 8.05. The summed E-state index contributed by atoms with van der Waals surface area (Å²) in [6.07, 6.45) is 2.86. The van der Waals surface area contributed by atoms with Gasteiger partial charge in [0.25, 0.3) is 0 Å². The van der Waals surface area contributed by atoms with Crippen molar-refractivity contribution in [3.05, 3.63) is 50.9 Å². The highest BCUT2D eigenvalue weighted by Crippen LogP contribution is 2.22. The summed E-state index contributed by atoms with van der Waals surface area (Å²) in [7, 11) is 1.79. The van der Waals surface area contributed by atoms with E-state index in [4.69, 9.17) is 11.6 Å².